The van der Waals surface area contributed by atoms with E-state index >= 15 is 0 Å². The Balaban J connectivity index is 2.35. The van der Waals surface area contributed by atoms with E-state index in [1.54, 1.807) is 54.6 Å². The summed E-state index contributed by atoms with van der Waals surface area (Å²) in [6, 6.07) is 15.5. The predicted molar refractivity (Wildman–Crippen MR) is 93.1 cm³/mol. The minimum Gasteiger partial charge on any atom is -0.207 e. The van der Waals surface area contributed by atoms with Crippen LogP contribution in [-0.4, -0.2) is 19.3 Å². The fourth-order valence-electron chi connectivity index (χ4n) is 2.09. The number of halogens is 1. The molecule has 0 unspecified atom stereocenters. The van der Waals surface area contributed by atoms with Crippen LogP contribution in [0.4, 0.5) is 0 Å². The molecule has 0 radical (unpaired) electrons. The minimum atomic E-state index is -3.64. The second-order valence-corrected chi connectivity index (χ2v) is 7.71. The van der Waals surface area contributed by atoms with Gasteiger partial charge in [0.2, 0.25) is 10.0 Å². The van der Waals surface area contributed by atoms with Gasteiger partial charge in [-0.15, -0.1) is 6.58 Å². The van der Waals surface area contributed by atoms with Crippen molar-refractivity contribution in [3.63, 3.8) is 0 Å². The standard InChI is InChI=1S/C17H15BrN2O2S/c1-2-10-20(13-15-5-3-4-14(11-15)12-19)23(21,22)17-8-6-16(18)7-9-17/h2-9,11H,1,10,13H2. The van der Waals surface area contributed by atoms with Crippen LogP contribution in [0.3, 0.4) is 0 Å². The molecule has 2 aromatic carbocycles. The van der Waals surface area contributed by atoms with E-state index in [9.17, 15) is 8.42 Å². The number of hydrogen-bond donors (Lipinski definition) is 0. The molecule has 0 atom stereocenters. The summed E-state index contributed by atoms with van der Waals surface area (Å²) in [5.41, 5.74) is 1.26. The maximum atomic E-state index is 12.8. The highest BCUT2D eigenvalue weighted by Gasteiger charge is 2.23. The molecule has 0 saturated heterocycles. The molecule has 2 rings (SSSR count). The van der Waals surface area contributed by atoms with E-state index in [0.29, 0.717) is 5.56 Å². The van der Waals surface area contributed by atoms with Gasteiger partial charge in [-0.05, 0) is 42.0 Å². The van der Waals surface area contributed by atoms with Crippen LogP contribution in [-0.2, 0) is 16.6 Å². The molecular weight excluding hydrogens is 376 g/mol. The largest absolute Gasteiger partial charge is 0.243 e. The molecule has 0 fully saturated rings. The SMILES string of the molecule is C=CCN(Cc1cccc(C#N)c1)S(=O)(=O)c1ccc(Br)cc1. The second kappa shape index (κ2) is 7.55. The van der Waals surface area contributed by atoms with Crippen molar-refractivity contribution in [1.29, 1.82) is 5.26 Å². The van der Waals surface area contributed by atoms with Crippen molar-refractivity contribution in [1.82, 2.24) is 4.31 Å². The van der Waals surface area contributed by atoms with Crippen molar-refractivity contribution in [2.24, 2.45) is 0 Å². The topological polar surface area (TPSA) is 61.2 Å². The summed E-state index contributed by atoms with van der Waals surface area (Å²) in [4.78, 5) is 0.221. The van der Waals surface area contributed by atoms with Crippen LogP contribution in [0.1, 0.15) is 11.1 Å². The van der Waals surface area contributed by atoms with Crippen LogP contribution in [0.5, 0.6) is 0 Å². The van der Waals surface area contributed by atoms with Gasteiger partial charge >= 0.3 is 0 Å². The average Bonchev–Trinajstić information content (AvgIpc) is 2.55. The summed E-state index contributed by atoms with van der Waals surface area (Å²) in [5, 5.41) is 8.96. The molecule has 0 aliphatic carbocycles. The molecule has 0 heterocycles. The minimum absolute atomic E-state index is 0.180. The average molecular weight is 391 g/mol. The van der Waals surface area contributed by atoms with Crippen LogP contribution in [0.15, 0.2) is 70.6 Å². The van der Waals surface area contributed by atoms with E-state index in [1.165, 1.54) is 4.31 Å². The van der Waals surface area contributed by atoms with Gasteiger partial charge in [0, 0.05) is 17.6 Å². The van der Waals surface area contributed by atoms with Gasteiger partial charge in [-0.25, -0.2) is 8.42 Å². The number of sulfonamides is 1. The lowest BCUT2D eigenvalue weighted by Gasteiger charge is -2.21. The van der Waals surface area contributed by atoms with Gasteiger partial charge in [0.15, 0.2) is 0 Å². The van der Waals surface area contributed by atoms with Crippen molar-refractivity contribution in [3.05, 3.63) is 76.8 Å². The predicted octanol–water partition coefficient (Wildman–Crippen LogP) is 3.70. The van der Waals surface area contributed by atoms with E-state index in [4.69, 9.17) is 5.26 Å². The highest BCUT2D eigenvalue weighted by atomic mass is 79.9. The van der Waals surface area contributed by atoms with Crippen LogP contribution in [0, 0.1) is 11.3 Å². The summed E-state index contributed by atoms with van der Waals surface area (Å²) in [6.45, 7) is 4.00. The molecule has 0 saturated carbocycles. The van der Waals surface area contributed by atoms with Gasteiger partial charge in [0.1, 0.15) is 0 Å². The number of hydrogen-bond acceptors (Lipinski definition) is 3. The zero-order chi connectivity index (χ0) is 16.9. The molecule has 0 aliphatic rings. The van der Waals surface area contributed by atoms with Crippen molar-refractivity contribution in [3.8, 4) is 6.07 Å². The third-order valence-electron chi connectivity index (χ3n) is 3.20. The quantitative estimate of drug-likeness (QED) is 0.706. The van der Waals surface area contributed by atoms with Gasteiger partial charge in [-0.1, -0.05) is 34.1 Å². The molecule has 4 nitrogen and oxygen atoms in total. The Kier molecular flexibility index (Phi) is 5.72. The van der Waals surface area contributed by atoms with E-state index < -0.39 is 10.0 Å². The maximum absolute atomic E-state index is 12.8. The molecule has 2 aromatic rings. The van der Waals surface area contributed by atoms with E-state index in [2.05, 4.69) is 28.6 Å². The number of nitriles is 1. The summed E-state index contributed by atoms with van der Waals surface area (Å²) in [6.07, 6.45) is 1.55. The van der Waals surface area contributed by atoms with Crippen LogP contribution >= 0.6 is 15.9 Å². The van der Waals surface area contributed by atoms with Crippen LogP contribution in [0.2, 0.25) is 0 Å². The Bertz CT molecular complexity index is 840. The normalized spacial score (nSPS) is 11.2. The third kappa shape index (κ3) is 4.29. The van der Waals surface area contributed by atoms with E-state index in [-0.39, 0.29) is 18.0 Å². The zero-order valence-corrected chi connectivity index (χ0v) is 14.7. The number of rotatable bonds is 6. The lowest BCUT2D eigenvalue weighted by molar-refractivity contribution is 0.438. The molecule has 0 N–H and O–H groups in total. The molecule has 118 valence electrons. The van der Waals surface area contributed by atoms with Gasteiger partial charge in [-0.2, -0.15) is 9.57 Å². The lowest BCUT2D eigenvalue weighted by atomic mass is 10.1. The Morgan fingerprint density at radius 3 is 2.52 bits per heavy atom. The highest BCUT2D eigenvalue weighted by Crippen LogP contribution is 2.21. The smallest absolute Gasteiger partial charge is 0.207 e. The first-order valence-corrected chi connectivity index (χ1v) is 9.06. The van der Waals surface area contributed by atoms with Gasteiger partial charge in [0.25, 0.3) is 0 Å². The molecule has 0 aliphatic heterocycles. The molecule has 23 heavy (non-hydrogen) atoms. The molecule has 6 heteroatoms. The van der Waals surface area contributed by atoms with Crippen molar-refractivity contribution in [2.45, 2.75) is 11.4 Å². The third-order valence-corrected chi connectivity index (χ3v) is 5.55. The monoisotopic (exact) mass is 390 g/mol. The molecule has 0 amide bonds. The first-order chi connectivity index (χ1) is 11.0. The van der Waals surface area contributed by atoms with Gasteiger partial charge in [0.05, 0.1) is 16.5 Å². The van der Waals surface area contributed by atoms with Gasteiger partial charge in [-0.3, -0.25) is 0 Å². The first-order valence-electron chi connectivity index (χ1n) is 6.83. The van der Waals surface area contributed by atoms with Crippen molar-refractivity contribution in [2.75, 3.05) is 6.54 Å². The summed E-state index contributed by atoms with van der Waals surface area (Å²) in [7, 11) is -3.64. The summed E-state index contributed by atoms with van der Waals surface area (Å²) >= 11 is 3.29. The lowest BCUT2D eigenvalue weighted by Crippen LogP contribution is -2.30. The summed E-state index contributed by atoms with van der Waals surface area (Å²) < 4.78 is 27.7. The Morgan fingerprint density at radius 2 is 1.91 bits per heavy atom. The van der Waals surface area contributed by atoms with Crippen molar-refractivity contribution >= 4 is 26.0 Å². The summed E-state index contributed by atoms with van der Waals surface area (Å²) in [5.74, 6) is 0. The number of nitrogens with zero attached hydrogens (tertiary/aromatic N) is 2. The zero-order valence-electron chi connectivity index (χ0n) is 12.3. The fourth-order valence-corrected chi connectivity index (χ4v) is 3.75. The van der Waals surface area contributed by atoms with Crippen LogP contribution < -0.4 is 0 Å². The van der Waals surface area contributed by atoms with E-state index in [0.717, 1.165) is 10.0 Å². The molecule has 0 bridgehead atoms. The Hall–Kier alpha value is -1.94. The van der Waals surface area contributed by atoms with Crippen LogP contribution in [0.25, 0.3) is 0 Å². The molecule has 0 spiro atoms. The Labute approximate surface area is 144 Å². The maximum Gasteiger partial charge on any atom is 0.243 e. The number of benzene rings is 2. The molecule has 0 aromatic heterocycles. The highest BCUT2D eigenvalue weighted by molar-refractivity contribution is 9.10. The molecular formula is C17H15BrN2O2S. The second-order valence-electron chi connectivity index (χ2n) is 4.85. The van der Waals surface area contributed by atoms with E-state index in [1.807, 2.05) is 0 Å². The fraction of sp³-hybridized carbons (Fsp3) is 0.118. The Morgan fingerprint density at radius 1 is 1.22 bits per heavy atom. The first kappa shape index (κ1) is 17.4. The van der Waals surface area contributed by atoms with Crippen molar-refractivity contribution < 1.29 is 8.42 Å². The van der Waals surface area contributed by atoms with Gasteiger partial charge < -0.3 is 0 Å².